The van der Waals surface area contributed by atoms with Crippen molar-refractivity contribution in [2.75, 3.05) is 33.0 Å². The van der Waals surface area contributed by atoms with Crippen LogP contribution in [0.1, 0.15) is 6.92 Å². The topological polar surface area (TPSA) is 57.2 Å². The van der Waals surface area contributed by atoms with Crippen LogP contribution < -0.4 is 0 Å². The number of aliphatic hydroxyl groups is 1. The molecule has 0 spiro atoms. The molecule has 0 saturated carbocycles. The van der Waals surface area contributed by atoms with E-state index in [0.717, 1.165) is 0 Å². The molecule has 1 N–H and O–H groups in total. The Labute approximate surface area is 77.5 Å². The Bertz CT molecular complexity index is 130. The molecule has 2 unspecified atom stereocenters. The predicted molar refractivity (Wildman–Crippen MR) is 44.1 cm³/mol. The van der Waals surface area contributed by atoms with E-state index in [-0.39, 0.29) is 12.7 Å². The molecule has 5 nitrogen and oxygen atoms in total. The standard InChI is InChI=1S/C8H16O5/c1-7-5-10-6-8(4-9)13-12-3-2-11-7/h7-9H,2-6H2,1H3. The second kappa shape index (κ2) is 6.28. The molecule has 1 heterocycles. The second-order valence-corrected chi connectivity index (χ2v) is 2.94. The first-order chi connectivity index (χ1) is 6.33. The Morgan fingerprint density at radius 2 is 2.15 bits per heavy atom. The van der Waals surface area contributed by atoms with E-state index in [9.17, 15) is 0 Å². The summed E-state index contributed by atoms with van der Waals surface area (Å²) in [5.74, 6) is 0. The van der Waals surface area contributed by atoms with E-state index in [1.165, 1.54) is 0 Å². The largest absolute Gasteiger partial charge is 0.393 e. The maximum Gasteiger partial charge on any atom is 0.139 e. The smallest absolute Gasteiger partial charge is 0.139 e. The summed E-state index contributed by atoms with van der Waals surface area (Å²) in [5.41, 5.74) is 0. The third-order valence-electron chi connectivity index (χ3n) is 1.63. The van der Waals surface area contributed by atoms with Crippen LogP contribution in [0.3, 0.4) is 0 Å². The van der Waals surface area contributed by atoms with Gasteiger partial charge in [-0.05, 0) is 6.92 Å². The third kappa shape index (κ3) is 4.54. The molecule has 1 aliphatic rings. The first-order valence-electron chi connectivity index (χ1n) is 4.41. The Morgan fingerprint density at radius 3 is 2.92 bits per heavy atom. The van der Waals surface area contributed by atoms with E-state index < -0.39 is 6.10 Å². The Kier molecular flexibility index (Phi) is 5.26. The zero-order valence-electron chi connectivity index (χ0n) is 7.77. The minimum absolute atomic E-state index is 0.0565. The molecule has 0 bridgehead atoms. The molecule has 1 fully saturated rings. The molecule has 0 amide bonds. The van der Waals surface area contributed by atoms with Crippen molar-refractivity contribution in [2.45, 2.75) is 19.1 Å². The molecule has 0 aliphatic carbocycles. The number of aliphatic hydroxyl groups excluding tert-OH is 1. The molecule has 1 saturated heterocycles. The molecule has 0 aromatic carbocycles. The van der Waals surface area contributed by atoms with Crippen LogP contribution in [0, 0.1) is 0 Å². The average molecular weight is 192 g/mol. The number of hydrogen-bond donors (Lipinski definition) is 1. The van der Waals surface area contributed by atoms with Gasteiger partial charge in [-0.15, -0.1) is 0 Å². The first-order valence-corrected chi connectivity index (χ1v) is 4.41. The van der Waals surface area contributed by atoms with E-state index in [0.29, 0.717) is 26.4 Å². The molecule has 5 heteroatoms. The molecule has 1 aliphatic heterocycles. The molecule has 2 atom stereocenters. The van der Waals surface area contributed by atoms with Crippen molar-refractivity contribution in [3.63, 3.8) is 0 Å². The van der Waals surface area contributed by atoms with Crippen LogP contribution in [-0.4, -0.2) is 50.3 Å². The fourth-order valence-electron chi connectivity index (χ4n) is 0.952. The van der Waals surface area contributed by atoms with Gasteiger partial charge in [-0.3, -0.25) is 0 Å². The van der Waals surface area contributed by atoms with Gasteiger partial charge in [-0.2, -0.15) is 0 Å². The normalized spacial score (nSPS) is 32.8. The quantitative estimate of drug-likeness (QED) is 0.580. The number of hydrogen-bond acceptors (Lipinski definition) is 5. The molecular weight excluding hydrogens is 176 g/mol. The maximum absolute atomic E-state index is 8.82. The SMILES string of the molecule is CC1COCC(CO)OOCCO1. The van der Waals surface area contributed by atoms with Crippen LogP contribution in [0.4, 0.5) is 0 Å². The van der Waals surface area contributed by atoms with Crippen molar-refractivity contribution >= 4 is 0 Å². The van der Waals surface area contributed by atoms with Gasteiger partial charge in [-0.25, -0.2) is 9.78 Å². The number of ether oxygens (including phenoxy) is 2. The summed E-state index contributed by atoms with van der Waals surface area (Å²) in [7, 11) is 0. The van der Waals surface area contributed by atoms with E-state index in [4.69, 9.17) is 24.4 Å². The van der Waals surface area contributed by atoms with Gasteiger partial charge >= 0.3 is 0 Å². The Balaban J connectivity index is 2.25. The summed E-state index contributed by atoms with van der Waals surface area (Å²) in [5, 5.41) is 8.82. The van der Waals surface area contributed by atoms with E-state index in [2.05, 4.69) is 0 Å². The first kappa shape index (κ1) is 10.9. The average Bonchev–Trinajstić information content (AvgIpc) is 2.15. The zero-order chi connectivity index (χ0) is 9.52. The van der Waals surface area contributed by atoms with Crippen molar-refractivity contribution < 1.29 is 24.4 Å². The van der Waals surface area contributed by atoms with Crippen molar-refractivity contribution in [1.29, 1.82) is 0 Å². The van der Waals surface area contributed by atoms with Crippen molar-refractivity contribution in [3.05, 3.63) is 0 Å². The highest BCUT2D eigenvalue weighted by molar-refractivity contribution is 4.54. The fourth-order valence-corrected chi connectivity index (χ4v) is 0.952. The lowest BCUT2D eigenvalue weighted by molar-refractivity contribution is -0.343. The summed E-state index contributed by atoms with van der Waals surface area (Å²) >= 11 is 0. The summed E-state index contributed by atoms with van der Waals surface area (Å²) in [6.45, 7) is 3.51. The third-order valence-corrected chi connectivity index (χ3v) is 1.63. The van der Waals surface area contributed by atoms with Crippen molar-refractivity contribution in [2.24, 2.45) is 0 Å². The minimum atomic E-state index is -0.398. The van der Waals surface area contributed by atoms with Gasteiger partial charge in [0.2, 0.25) is 0 Å². The molecule has 13 heavy (non-hydrogen) atoms. The molecule has 78 valence electrons. The molecule has 0 aromatic heterocycles. The Hall–Kier alpha value is -0.200. The van der Waals surface area contributed by atoms with Crippen molar-refractivity contribution in [3.8, 4) is 0 Å². The van der Waals surface area contributed by atoms with Gasteiger partial charge in [0.15, 0.2) is 0 Å². The molecule has 0 radical (unpaired) electrons. The predicted octanol–water partition coefficient (Wildman–Crippen LogP) is -0.269. The van der Waals surface area contributed by atoms with Crippen LogP contribution in [-0.2, 0) is 19.2 Å². The summed E-state index contributed by atoms with van der Waals surface area (Å²) < 4.78 is 10.5. The number of rotatable bonds is 1. The highest BCUT2D eigenvalue weighted by atomic mass is 17.2. The van der Waals surface area contributed by atoms with Gasteiger partial charge in [0.25, 0.3) is 0 Å². The lowest BCUT2D eigenvalue weighted by Gasteiger charge is -2.19. The summed E-state index contributed by atoms with van der Waals surface area (Å²) in [6, 6.07) is 0. The highest BCUT2D eigenvalue weighted by Gasteiger charge is 2.12. The summed E-state index contributed by atoms with van der Waals surface area (Å²) in [6.07, 6.45) is -0.341. The van der Waals surface area contributed by atoms with Gasteiger partial charge in [0.1, 0.15) is 12.7 Å². The van der Waals surface area contributed by atoms with Gasteiger partial charge < -0.3 is 14.6 Å². The van der Waals surface area contributed by atoms with Crippen molar-refractivity contribution in [1.82, 2.24) is 0 Å². The van der Waals surface area contributed by atoms with Crippen LogP contribution in [0.15, 0.2) is 0 Å². The van der Waals surface area contributed by atoms with Crippen LogP contribution in [0.25, 0.3) is 0 Å². The van der Waals surface area contributed by atoms with Gasteiger partial charge in [-0.1, -0.05) is 0 Å². The monoisotopic (exact) mass is 192 g/mol. The van der Waals surface area contributed by atoms with Gasteiger partial charge in [0, 0.05) is 0 Å². The van der Waals surface area contributed by atoms with Crippen LogP contribution >= 0.6 is 0 Å². The zero-order valence-corrected chi connectivity index (χ0v) is 7.77. The van der Waals surface area contributed by atoms with Crippen LogP contribution in [0.5, 0.6) is 0 Å². The Morgan fingerprint density at radius 1 is 1.31 bits per heavy atom. The maximum atomic E-state index is 8.82. The minimum Gasteiger partial charge on any atom is -0.393 e. The van der Waals surface area contributed by atoms with E-state index >= 15 is 0 Å². The van der Waals surface area contributed by atoms with Gasteiger partial charge in [0.05, 0.1) is 32.5 Å². The van der Waals surface area contributed by atoms with Crippen LogP contribution in [0.2, 0.25) is 0 Å². The molecule has 1 rings (SSSR count). The van der Waals surface area contributed by atoms with E-state index in [1.807, 2.05) is 6.92 Å². The fraction of sp³-hybridized carbons (Fsp3) is 1.00. The molecule has 0 aromatic rings. The lowest BCUT2D eigenvalue weighted by Crippen LogP contribution is -2.29. The van der Waals surface area contributed by atoms with E-state index in [1.54, 1.807) is 0 Å². The highest BCUT2D eigenvalue weighted by Crippen LogP contribution is 2.00. The summed E-state index contributed by atoms with van der Waals surface area (Å²) in [4.78, 5) is 9.64. The molecular formula is C8H16O5. The second-order valence-electron chi connectivity index (χ2n) is 2.94. The lowest BCUT2D eigenvalue weighted by atomic mass is 10.4.